The number of benzene rings is 2. The first kappa shape index (κ1) is 28.3. The molecular formula is C30H30N2O2S5. The summed E-state index contributed by atoms with van der Waals surface area (Å²) in [5.41, 5.74) is 16.7. The summed E-state index contributed by atoms with van der Waals surface area (Å²) in [7, 11) is -3.23. The van der Waals surface area contributed by atoms with Crippen LogP contribution in [0.4, 0.5) is 0 Å². The molecule has 0 aliphatic heterocycles. The van der Waals surface area contributed by atoms with Crippen LogP contribution in [0.3, 0.4) is 0 Å². The molecule has 3 heterocycles. The summed E-state index contributed by atoms with van der Waals surface area (Å²) in [5, 5.41) is 0. The highest BCUT2D eigenvalue weighted by molar-refractivity contribution is 7.98. The molecule has 0 radical (unpaired) electrons. The van der Waals surface area contributed by atoms with Crippen molar-refractivity contribution in [1.82, 2.24) is 0 Å². The van der Waals surface area contributed by atoms with Gasteiger partial charge in [-0.15, -0.1) is 45.8 Å². The monoisotopic (exact) mass is 610 g/mol. The number of sulfone groups is 1. The van der Waals surface area contributed by atoms with Gasteiger partial charge in [0, 0.05) is 40.4 Å². The average molecular weight is 611 g/mol. The fourth-order valence-electron chi connectivity index (χ4n) is 4.45. The molecule has 5 aromatic rings. The van der Waals surface area contributed by atoms with Gasteiger partial charge >= 0.3 is 0 Å². The van der Waals surface area contributed by atoms with E-state index in [1.54, 1.807) is 46.6 Å². The van der Waals surface area contributed by atoms with Crippen LogP contribution in [-0.4, -0.2) is 34.0 Å². The van der Waals surface area contributed by atoms with E-state index >= 15 is 0 Å². The van der Waals surface area contributed by atoms with Crippen molar-refractivity contribution in [2.75, 3.05) is 25.6 Å². The molecule has 0 aliphatic rings. The van der Waals surface area contributed by atoms with Crippen molar-refractivity contribution in [2.24, 2.45) is 11.5 Å². The Balaban J connectivity index is 1.50. The van der Waals surface area contributed by atoms with Gasteiger partial charge in [-0.05, 0) is 103 Å². The predicted molar refractivity (Wildman–Crippen MR) is 172 cm³/mol. The Kier molecular flexibility index (Phi) is 8.78. The topological polar surface area (TPSA) is 86.2 Å². The van der Waals surface area contributed by atoms with Crippen LogP contribution in [0.15, 0.2) is 82.6 Å². The Morgan fingerprint density at radius 3 is 1.54 bits per heavy atom. The summed E-state index contributed by atoms with van der Waals surface area (Å²) in [6.45, 7) is 1.18. The maximum atomic E-state index is 11.9. The standard InChI is InChI=1S/C30H30N2O2S5/c1-35-23-7-3-19(4-8-23)27-17-21(13-15-31)29(37-27)25-11-12-26(36-25)30-22(14-16-32)18-28(38-30)20-5-9-24(10-6-20)39(2,33)34/h3-12,17-18H,13-16,31-32H2,1-2H3. The van der Waals surface area contributed by atoms with Gasteiger partial charge in [0.2, 0.25) is 0 Å². The third-order valence-electron chi connectivity index (χ3n) is 6.44. The molecule has 0 saturated carbocycles. The first-order valence-electron chi connectivity index (χ1n) is 12.5. The van der Waals surface area contributed by atoms with E-state index in [0.29, 0.717) is 18.0 Å². The normalized spacial score (nSPS) is 11.8. The minimum atomic E-state index is -3.23. The second-order valence-electron chi connectivity index (χ2n) is 9.20. The Morgan fingerprint density at radius 1 is 0.667 bits per heavy atom. The van der Waals surface area contributed by atoms with Gasteiger partial charge in [0.05, 0.1) is 4.90 Å². The van der Waals surface area contributed by atoms with E-state index in [9.17, 15) is 8.42 Å². The Bertz CT molecular complexity index is 1680. The minimum Gasteiger partial charge on any atom is -0.330 e. The molecule has 4 nitrogen and oxygen atoms in total. The van der Waals surface area contributed by atoms with Gasteiger partial charge in [0.25, 0.3) is 0 Å². The van der Waals surface area contributed by atoms with Gasteiger partial charge in [-0.1, -0.05) is 24.3 Å². The summed E-state index contributed by atoms with van der Waals surface area (Å²) in [6.07, 6.45) is 4.95. The molecule has 0 spiro atoms. The van der Waals surface area contributed by atoms with Crippen molar-refractivity contribution in [1.29, 1.82) is 0 Å². The smallest absolute Gasteiger partial charge is 0.175 e. The Labute approximate surface area is 246 Å². The summed E-state index contributed by atoms with van der Waals surface area (Å²) in [4.78, 5) is 8.94. The van der Waals surface area contributed by atoms with Crippen LogP contribution in [0.2, 0.25) is 0 Å². The first-order chi connectivity index (χ1) is 18.8. The fraction of sp³-hybridized carbons (Fsp3) is 0.200. The van der Waals surface area contributed by atoms with Crippen LogP contribution in [0.1, 0.15) is 11.1 Å². The van der Waals surface area contributed by atoms with Crippen molar-refractivity contribution < 1.29 is 8.42 Å². The lowest BCUT2D eigenvalue weighted by Crippen LogP contribution is -2.02. The van der Waals surface area contributed by atoms with Crippen LogP contribution in [0.5, 0.6) is 0 Å². The summed E-state index contributed by atoms with van der Waals surface area (Å²) in [5.74, 6) is 0. The van der Waals surface area contributed by atoms with E-state index in [2.05, 4.69) is 54.8 Å². The quantitative estimate of drug-likeness (QED) is 0.159. The van der Waals surface area contributed by atoms with E-state index in [0.717, 1.165) is 23.3 Å². The third kappa shape index (κ3) is 6.25. The van der Waals surface area contributed by atoms with Gasteiger partial charge in [-0.2, -0.15) is 0 Å². The molecule has 0 fully saturated rings. The van der Waals surface area contributed by atoms with E-state index in [-0.39, 0.29) is 0 Å². The van der Waals surface area contributed by atoms with Crippen LogP contribution < -0.4 is 11.5 Å². The summed E-state index contributed by atoms with van der Waals surface area (Å²) >= 11 is 7.12. The summed E-state index contributed by atoms with van der Waals surface area (Å²) < 4.78 is 23.8. The summed E-state index contributed by atoms with van der Waals surface area (Å²) in [6, 6.07) is 24.8. The highest BCUT2D eigenvalue weighted by atomic mass is 32.2. The largest absolute Gasteiger partial charge is 0.330 e. The zero-order chi connectivity index (χ0) is 27.6. The second kappa shape index (κ2) is 12.1. The maximum Gasteiger partial charge on any atom is 0.175 e. The highest BCUT2D eigenvalue weighted by Crippen LogP contribution is 2.46. The number of thiophene rings is 3. The number of thioether (sulfide) groups is 1. The molecule has 9 heteroatoms. The van der Waals surface area contributed by atoms with Crippen molar-refractivity contribution in [3.05, 3.63) is 83.9 Å². The van der Waals surface area contributed by atoms with Crippen LogP contribution in [0, 0.1) is 0 Å². The molecule has 202 valence electrons. The zero-order valence-electron chi connectivity index (χ0n) is 21.8. The molecule has 0 amide bonds. The van der Waals surface area contributed by atoms with Gasteiger partial charge in [0.15, 0.2) is 9.84 Å². The molecule has 0 aliphatic carbocycles. The highest BCUT2D eigenvalue weighted by Gasteiger charge is 2.18. The molecule has 4 N–H and O–H groups in total. The molecule has 0 unspecified atom stereocenters. The lowest BCUT2D eigenvalue weighted by molar-refractivity contribution is 0.602. The fourth-order valence-corrected chi connectivity index (χ4v) is 9.21. The van der Waals surface area contributed by atoms with Gasteiger partial charge in [-0.3, -0.25) is 0 Å². The van der Waals surface area contributed by atoms with Crippen molar-refractivity contribution >= 4 is 55.6 Å². The number of hydrogen-bond donors (Lipinski definition) is 2. The van der Waals surface area contributed by atoms with Crippen LogP contribution in [-0.2, 0) is 22.7 Å². The average Bonchev–Trinajstić information content (AvgIpc) is 3.67. The Morgan fingerprint density at radius 2 is 1.13 bits per heavy atom. The molecule has 0 saturated heterocycles. The number of rotatable bonds is 10. The molecular weight excluding hydrogens is 581 g/mol. The molecule has 2 aromatic carbocycles. The molecule has 0 bridgehead atoms. The van der Waals surface area contributed by atoms with Crippen molar-refractivity contribution in [3.8, 4) is 40.4 Å². The van der Waals surface area contributed by atoms with Crippen molar-refractivity contribution in [2.45, 2.75) is 22.6 Å². The van der Waals surface area contributed by atoms with Crippen molar-refractivity contribution in [3.63, 3.8) is 0 Å². The third-order valence-corrected chi connectivity index (χ3v) is 12.2. The van der Waals surface area contributed by atoms with E-state index in [1.807, 2.05) is 23.5 Å². The SMILES string of the molecule is CSc1ccc(-c2cc(CCN)c(-c3ccc(-c4sc(-c5ccc(S(C)(=O)=O)cc5)cc4CCN)s3)s2)cc1. The molecule has 39 heavy (non-hydrogen) atoms. The second-order valence-corrected chi connectivity index (χ2v) is 15.3. The lowest BCUT2D eigenvalue weighted by atomic mass is 10.1. The first-order valence-corrected chi connectivity index (χ1v) is 18.1. The number of nitrogens with two attached hydrogens (primary N) is 2. The molecule has 0 atom stereocenters. The van der Waals surface area contributed by atoms with E-state index in [4.69, 9.17) is 11.5 Å². The predicted octanol–water partition coefficient (Wildman–Crippen LogP) is 7.67. The zero-order valence-corrected chi connectivity index (χ0v) is 25.9. The minimum absolute atomic E-state index is 0.330. The molecule has 3 aromatic heterocycles. The van der Waals surface area contributed by atoms with Gasteiger partial charge < -0.3 is 11.5 Å². The molecule has 5 rings (SSSR count). The van der Waals surface area contributed by atoms with Crippen LogP contribution >= 0.6 is 45.8 Å². The van der Waals surface area contributed by atoms with E-state index < -0.39 is 9.84 Å². The van der Waals surface area contributed by atoms with E-state index in [1.165, 1.54) is 52.2 Å². The van der Waals surface area contributed by atoms with Gasteiger partial charge in [-0.25, -0.2) is 8.42 Å². The maximum absolute atomic E-state index is 11.9. The number of hydrogen-bond acceptors (Lipinski definition) is 8. The lowest BCUT2D eigenvalue weighted by Gasteiger charge is -2.01. The Hall–Kier alpha value is -2.24. The van der Waals surface area contributed by atoms with Crippen LogP contribution in [0.25, 0.3) is 40.4 Å². The van der Waals surface area contributed by atoms with Gasteiger partial charge in [0.1, 0.15) is 0 Å².